The number of benzene rings is 1. The summed E-state index contributed by atoms with van der Waals surface area (Å²) >= 11 is 0. The Morgan fingerprint density at radius 2 is 1.97 bits per heavy atom. The maximum Gasteiger partial charge on any atom is 0.459 e. The number of rotatable bonds is 10. The Morgan fingerprint density at radius 1 is 1.28 bits per heavy atom. The summed E-state index contributed by atoms with van der Waals surface area (Å²) in [6, 6.07) is 9.92. The first-order chi connectivity index (χ1) is 17.0. The van der Waals surface area contributed by atoms with Crippen molar-refractivity contribution in [2.75, 3.05) is 6.61 Å². The molecular formula is C22H27N4O9P. The maximum atomic E-state index is 13.6. The van der Waals surface area contributed by atoms with Crippen molar-refractivity contribution in [3.8, 4) is 11.8 Å². The number of nitrogens with zero attached hydrogens (tertiary/aromatic N) is 2. The highest BCUT2D eigenvalue weighted by Gasteiger charge is 2.47. The molecule has 194 valence electrons. The molecule has 0 bridgehead atoms. The Balaban J connectivity index is 1.79. The van der Waals surface area contributed by atoms with Crippen molar-refractivity contribution >= 4 is 13.7 Å². The van der Waals surface area contributed by atoms with Crippen LogP contribution in [0.2, 0.25) is 0 Å². The summed E-state index contributed by atoms with van der Waals surface area (Å²) < 4.78 is 36.4. The number of H-pyrrole nitrogens is 1. The summed E-state index contributed by atoms with van der Waals surface area (Å²) in [4.78, 5) is 37.8. The summed E-state index contributed by atoms with van der Waals surface area (Å²) in [5.41, 5.74) is -1.47. The van der Waals surface area contributed by atoms with Gasteiger partial charge < -0.3 is 19.1 Å². The van der Waals surface area contributed by atoms with Crippen molar-refractivity contribution in [3.05, 3.63) is 63.4 Å². The van der Waals surface area contributed by atoms with Crippen LogP contribution in [0.15, 0.2) is 52.2 Å². The smallest absolute Gasteiger partial charge is 0.459 e. The number of nitriles is 1. The van der Waals surface area contributed by atoms with Crippen LogP contribution in [0.1, 0.15) is 27.0 Å². The molecule has 1 fully saturated rings. The third kappa shape index (κ3) is 6.69. The molecule has 2 aromatic rings. The molecule has 14 heteroatoms. The van der Waals surface area contributed by atoms with Crippen LogP contribution < -0.4 is 20.9 Å². The fraction of sp³-hybridized carbons (Fsp3) is 0.455. The summed E-state index contributed by atoms with van der Waals surface area (Å²) in [6.45, 7) is 4.21. The molecule has 1 aliphatic rings. The van der Waals surface area contributed by atoms with Crippen molar-refractivity contribution < 1.29 is 33.0 Å². The van der Waals surface area contributed by atoms with Crippen molar-refractivity contribution in [1.82, 2.24) is 14.6 Å². The van der Waals surface area contributed by atoms with Crippen molar-refractivity contribution in [2.24, 2.45) is 5.92 Å². The van der Waals surface area contributed by atoms with E-state index >= 15 is 0 Å². The molecule has 3 rings (SSSR count). The highest BCUT2D eigenvalue weighted by Crippen LogP contribution is 2.46. The number of esters is 1. The highest BCUT2D eigenvalue weighted by molar-refractivity contribution is 7.52. The van der Waals surface area contributed by atoms with Crippen molar-refractivity contribution in [2.45, 2.75) is 51.4 Å². The predicted octanol–water partition coefficient (Wildman–Crippen LogP) is 1.07. The zero-order chi connectivity index (χ0) is 26.5. The molecule has 2 heterocycles. The van der Waals surface area contributed by atoms with Gasteiger partial charge in [0.25, 0.3) is 5.56 Å². The van der Waals surface area contributed by atoms with E-state index in [2.05, 4.69) is 10.1 Å². The van der Waals surface area contributed by atoms with Crippen LogP contribution in [0.4, 0.5) is 0 Å². The molecule has 6 unspecified atom stereocenters. The summed E-state index contributed by atoms with van der Waals surface area (Å²) in [7, 11) is -4.25. The molecule has 0 radical (unpaired) electrons. The first-order valence-electron chi connectivity index (χ1n) is 11.0. The van der Waals surface area contributed by atoms with E-state index in [-0.39, 0.29) is 5.75 Å². The lowest BCUT2D eigenvalue weighted by Crippen LogP contribution is -2.37. The van der Waals surface area contributed by atoms with Crippen LogP contribution in [0, 0.1) is 17.2 Å². The number of aromatic nitrogens is 2. The van der Waals surface area contributed by atoms with Crippen LogP contribution in [0.3, 0.4) is 0 Å². The number of para-hydroxylation sites is 1. The topological polar surface area (TPSA) is 182 Å². The molecule has 1 aliphatic heterocycles. The van der Waals surface area contributed by atoms with Gasteiger partial charge in [0.05, 0.1) is 18.8 Å². The van der Waals surface area contributed by atoms with Gasteiger partial charge in [-0.15, -0.1) is 0 Å². The number of ether oxygens (including phenoxy) is 2. The van der Waals surface area contributed by atoms with E-state index in [1.54, 1.807) is 32.0 Å². The van der Waals surface area contributed by atoms with Gasteiger partial charge in [-0.1, -0.05) is 18.2 Å². The molecule has 1 aromatic carbocycles. The van der Waals surface area contributed by atoms with Crippen molar-refractivity contribution in [3.63, 3.8) is 0 Å². The first kappa shape index (κ1) is 27.3. The number of hydrogen-bond donors (Lipinski definition) is 3. The minimum Gasteiger partial charge on any atom is -0.462 e. The Labute approximate surface area is 206 Å². The minimum atomic E-state index is -4.25. The normalized spacial score (nSPS) is 24.0. The Hall–Kier alpha value is -3.27. The fourth-order valence-electron chi connectivity index (χ4n) is 3.39. The van der Waals surface area contributed by atoms with Gasteiger partial charge >= 0.3 is 19.4 Å². The third-order valence-electron chi connectivity index (χ3n) is 5.08. The second-order valence-corrected chi connectivity index (χ2v) is 9.96. The monoisotopic (exact) mass is 522 g/mol. The molecule has 36 heavy (non-hydrogen) atoms. The minimum absolute atomic E-state index is 0.179. The molecule has 6 atom stereocenters. The lowest BCUT2D eigenvalue weighted by molar-refractivity contribution is -0.149. The number of nitrogens with one attached hydrogen (secondary N) is 2. The standard InChI is InChI=1S/C22H27N4O9P/c1-13(2)33-21(29)14(3)25-36(31,35-15-7-5-4-6-8-15)32-12-17-19(28)16(11-23)20(34-17)26-10-9-18(27)24-22(26)30/h4-10,13-14,16-17,19-20,28H,12H2,1-3H3,(H,25,31)(H,24,27,30). The molecule has 1 aromatic heterocycles. The summed E-state index contributed by atoms with van der Waals surface area (Å²) in [5, 5.41) is 22.7. The van der Waals surface area contributed by atoms with Crippen molar-refractivity contribution in [1.29, 1.82) is 5.26 Å². The van der Waals surface area contributed by atoms with Crippen LogP contribution in [0.5, 0.6) is 5.75 Å². The average Bonchev–Trinajstić information content (AvgIpc) is 3.12. The number of aliphatic hydroxyl groups excluding tert-OH is 1. The molecule has 0 amide bonds. The van der Waals surface area contributed by atoms with E-state index in [0.717, 1.165) is 16.8 Å². The third-order valence-corrected chi connectivity index (χ3v) is 6.72. The van der Waals surface area contributed by atoms with Gasteiger partial charge in [0.1, 0.15) is 29.9 Å². The Morgan fingerprint density at radius 3 is 2.58 bits per heavy atom. The predicted molar refractivity (Wildman–Crippen MR) is 125 cm³/mol. The van der Waals surface area contributed by atoms with Crippen LogP contribution >= 0.6 is 7.75 Å². The molecule has 0 aliphatic carbocycles. The number of aromatic amines is 1. The largest absolute Gasteiger partial charge is 0.462 e. The summed E-state index contributed by atoms with van der Waals surface area (Å²) in [6.07, 6.45) is -3.15. The number of carbonyl (C=O) groups excluding carboxylic acids is 1. The lowest BCUT2D eigenvalue weighted by atomic mass is 10.0. The molecular weight excluding hydrogens is 495 g/mol. The molecule has 13 nitrogen and oxygen atoms in total. The maximum absolute atomic E-state index is 13.6. The van der Waals surface area contributed by atoms with E-state index < -0.39 is 68.1 Å². The molecule has 1 saturated heterocycles. The van der Waals surface area contributed by atoms with E-state index in [1.807, 2.05) is 6.07 Å². The van der Waals surface area contributed by atoms with E-state index in [9.17, 15) is 29.3 Å². The SMILES string of the molecule is CC(C)OC(=O)C(C)NP(=O)(OCC1OC(n2ccc(=O)[nH]c2=O)C(C#N)C1O)Oc1ccccc1. The second-order valence-electron chi connectivity index (χ2n) is 8.26. The van der Waals surface area contributed by atoms with Gasteiger partial charge in [0, 0.05) is 12.3 Å². The summed E-state index contributed by atoms with van der Waals surface area (Å²) in [5.74, 6) is -1.72. The van der Waals surface area contributed by atoms with Gasteiger partial charge in [0.15, 0.2) is 6.23 Å². The molecule has 3 N–H and O–H groups in total. The van der Waals surface area contributed by atoms with Gasteiger partial charge in [-0.3, -0.25) is 23.7 Å². The van der Waals surface area contributed by atoms with Crippen LogP contribution in [-0.4, -0.2) is 51.6 Å². The first-order valence-corrected chi connectivity index (χ1v) is 12.6. The van der Waals surface area contributed by atoms with Crippen LogP contribution in [-0.2, 0) is 23.4 Å². The number of aliphatic hydroxyl groups is 1. The van der Waals surface area contributed by atoms with E-state index in [1.165, 1.54) is 19.1 Å². The Bertz CT molecular complexity index is 1260. The number of carbonyl (C=O) groups is 1. The van der Waals surface area contributed by atoms with E-state index in [4.69, 9.17) is 18.5 Å². The second kappa shape index (κ2) is 11.6. The Kier molecular flexibility index (Phi) is 8.84. The quantitative estimate of drug-likeness (QED) is 0.300. The average molecular weight is 522 g/mol. The molecule has 0 spiro atoms. The zero-order valence-electron chi connectivity index (χ0n) is 19.8. The molecule has 0 saturated carbocycles. The van der Waals surface area contributed by atoms with Crippen LogP contribution in [0.25, 0.3) is 0 Å². The zero-order valence-corrected chi connectivity index (χ0v) is 20.7. The van der Waals surface area contributed by atoms with Gasteiger partial charge in [-0.25, -0.2) is 9.36 Å². The van der Waals surface area contributed by atoms with Gasteiger partial charge in [-0.05, 0) is 32.9 Å². The number of hydrogen-bond acceptors (Lipinski definition) is 10. The highest BCUT2D eigenvalue weighted by atomic mass is 31.2. The van der Waals surface area contributed by atoms with Gasteiger partial charge in [-0.2, -0.15) is 10.3 Å². The fourth-order valence-corrected chi connectivity index (χ4v) is 4.90. The van der Waals surface area contributed by atoms with Gasteiger partial charge in [0.2, 0.25) is 0 Å². The van der Waals surface area contributed by atoms with E-state index in [0.29, 0.717) is 0 Å². The lowest BCUT2D eigenvalue weighted by Gasteiger charge is -2.25.